The molecule has 15 heavy (non-hydrogen) atoms. The standard InChI is InChI=1S/C10H15B2NSe2/c1-3-11-13(12(4-2)15-14-11)10-8-6-5-7-9-10/h5-9H,3-4H2,1-2H3. The van der Waals surface area contributed by atoms with Crippen molar-refractivity contribution in [2.75, 3.05) is 4.72 Å². The first-order chi connectivity index (χ1) is 7.36. The van der Waals surface area contributed by atoms with Crippen LogP contribution in [0.1, 0.15) is 13.8 Å². The molecule has 0 atom stereocenters. The summed E-state index contributed by atoms with van der Waals surface area (Å²) in [5.74, 6) is 0. The zero-order chi connectivity index (χ0) is 10.7. The number of para-hydroxylation sites is 1. The fourth-order valence-corrected chi connectivity index (χ4v) is 12.7. The molecule has 0 aromatic heterocycles. The van der Waals surface area contributed by atoms with Crippen molar-refractivity contribution in [1.82, 2.24) is 0 Å². The van der Waals surface area contributed by atoms with Gasteiger partial charge in [0.05, 0.1) is 0 Å². The Hall–Kier alpha value is 0.189. The average Bonchev–Trinajstić information content (AvgIpc) is 2.72. The monoisotopic (exact) mass is 331 g/mol. The number of hydrogen-bond donors (Lipinski definition) is 0. The summed E-state index contributed by atoms with van der Waals surface area (Å²) in [4.78, 5) is 0. The van der Waals surface area contributed by atoms with Crippen LogP contribution in [0.25, 0.3) is 0 Å². The number of rotatable bonds is 3. The summed E-state index contributed by atoms with van der Waals surface area (Å²) in [6, 6.07) is 11.0. The molecule has 2 rings (SSSR count). The van der Waals surface area contributed by atoms with E-state index in [4.69, 9.17) is 0 Å². The molecule has 0 aliphatic carbocycles. The first-order valence-electron chi connectivity index (χ1n) is 5.52. The molecule has 0 unspecified atom stereocenters. The van der Waals surface area contributed by atoms with E-state index < -0.39 is 0 Å². The molecule has 5 heteroatoms. The summed E-state index contributed by atoms with van der Waals surface area (Å²) >= 11 is 1.75. The second-order valence-electron chi connectivity index (χ2n) is 3.66. The van der Waals surface area contributed by atoms with Crippen LogP contribution >= 0.6 is 0 Å². The molecule has 1 fully saturated rings. The second-order valence-corrected chi connectivity index (χ2v) is 10.9. The van der Waals surface area contributed by atoms with E-state index in [1.165, 1.54) is 18.3 Å². The molecule has 0 bridgehead atoms. The van der Waals surface area contributed by atoms with E-state index in [9.17, 15) is 0 Å². The maximum absolute atomic E-state index is 2.69. The van der Waals surface area contributed by atoms with Crippen LogP contribution in [0, 0.1) is 0 Å². The van der Waals surface area contributed by atoms with Gasteiger partial charge in [0.25, 0.3) is 0 Å². The topological polar surface area (TPSA) is 3.24 Å². The van der Waals surface area contributed by atoms with Crippen LogP contribution in [-0.2, 0) is 0 Å². The van der Waals surface area contributed by atoms with Crippen molar-refractivity contribution >= 4 is 42.9 Å². The third-order valence-electron chi connectivity index (χ3n) is 2.65. The summed E-state index contributed by atoms with van der Waals surface area (Å²) < 4.78 is 2.69. The molecule has 0 N–H and O–H groups in total. The molecule has 1 nitrogen and oxygen atoms in total. The Morgan fingerprint density at radius 2 is 1.53 bits per heavy atom. The van der Waals surface area contributed by atoms with Gasteiger partial charge in [-0.2, -0.15) is 0 Å². The number of anilines is 1. The predicted octanol–water partition coefficient (Wildman–Crippen LogP) is 1.85. The van der Waals surface area contributed by atoms with E-state index in [2.05, 4.69) is 48.9 Å². The van der Waals surface area contributed by atoms with E-state index in [0.29, 0.717) is 0 Å². The zero-order valence-corrected chi connectivity index (χ0v) is 12.6. The van der Waals surface area contributed by atoms with Gasteiger partial charge in [-0.05, 0) is 0 Å². The van der Waals surface area contributed by atoms with Crippen LogP contribution in [0.2, 0.25) is 12.6 Å². The predicted molar refractivity (Wildman–Crippen MR) is 72.9 cm³/mol. The van der Waals surface area contributed by atoms with Gasteiger partial charge >= 0.3 is 104 Å². The Morgan fingerprint density at radius 3 is 2.00 bits per heavy atom. The van der Waals surface area contributed by atoms with Gasteiger partial charge in [-0.3, -0.25) is 0 Å². The van der Waals surface area contributed by atoms with Crippen molar-refractivity contribution in [1.29, 1.82) is 0 Å². The number of nitrogens with zero attached hydrogens (tertiary/aromatic N) is 1. The van der Waals surface area contributed by atoms with Gasteiger partial charge in [0.2, 0.25) is 0 Å². The van der Waals surface area contributed by atoms with E-state index in [1.807, 2.05) is 0 Å². The number of benzene rings is 1. The second kappa shape index (κ2) is 5.50. The van der Waals surface area contributed by atoms with Gasteiger partial charge in [-0.1, -0.05) is 0 Å². The first-order valence-corrected chi connectivity index (χ1v) is 11.8. The molecule has 78 valence electrons. The van der Waals surface area contributed by atoms with Crippen LogP contribution in [0.15, 0.2) is 30.3 Å². The Morgan fingerprint density at radius 1 is 1.00 bits per heavy atom. The van der Waals surface area contributed by atoms with Crippen LogP contribution < -0.4 is 4.72 Å². The van der Waals surface area contributed by atoms with Crippen molar-refractivity contribution < 1.29 is 0 Å². The summed E-state index contributed by atoms with van der Waals surface area (Å²) in [6.45, 7) is 4.66. The normalized spacial score (nSPS) is 16.3. The molecule has 1 aromatic carbocycles. The van der Waals surface area contributed by atoms with Crippen LogP contribution in [-0.4, -0.2) is 37.2 Å². The summed E-state index contributed by atoms with van der Waals surface area (Å²) in [7, 11) is 0. The summed E-state index contributed by atoms with van der Waals surface area (Å²) in [6.07, 6.45) is 2.63. The van der Waals surface area contributed by atoms with Crippen molar-refractivity contribution in [2.45, 2.75) is 26.5 Å². The third kappa shape index (κ3) is 2.47. The van der Waals surface area contributed by atoms with Crippen molar-refractivity contribution in [3.05, 3.63) is 30.3 Å². The molecule has 0 amide bonds. The molecule has 1 aliphatic rings. The molecular weight excluding hydrogens is 314 g/mol. The van der Waals surface area contributed by atoms with Gasteiger partial charge in [0.1, 0.15) is 0 Å². The molecule has 1 heterocycles. The fourth-order valence-electron chi connectivity index (χ4n) is 1.87. The minimum absolute atomic E-state index is 0.852. The molecule has 1 saturated heterocycles. The molecule has 0 saturated carbocycles. The van der Waals surface area contributed by atoms with Gasteiger partial charge in [0.15, 0.2) is 0 Å². The van der Waals surface area contributed by atoms with Crippen LogP contribution in [0.4, 0.5) is 5.69 Å². The fraction of sp³-hybridized carbons (Fsp3) is 0.400. The molecule has 0 radical (unpaired) electrons. The number of hydrogen-bond acceptors (Lipinski definition) is 1. The molecular formula is C10H15B2NSe2. The summed E-state index contributed by atoms with van der Waals surface area (Å²) in [5, 5.41) is 0. The van der Waals surface area contributed by atoms with Crippen molar-refractivity contribution in [2.24, 2.45) is 0 Å². The van der Waals surface area contributed by atoms with E-state index >= 15 is 0 Å². The Kier molecular flexibility index (Phi) is 4.28. The van der Waals surface area contributed by atoms with Crippen molar-refractivity contribution in [3.63, 3.8) is 0 Å². The third-order valence-corrected chi connectivity index (χ3v) is 12.2. The van der Waals surface area contributed by atoms with Gasteiger partial charge in [-0.15, -0.1) is 0 Å². The Labute approximate surface area is 104 Å². The molecule has 0 spiro atoms. The van der Waals surface area contributed by atoms with Crippen molar-refractivity contribution in [3.8, 4) is 0 Å². The van der Waals surface area contributed by atoms with Gasteiger partial charge < -0.3 is 0 Å². The summed E-state index contributed by atoms with van der Waals surface area (Å²) in [5.41, 5.74) is 3.15. The van der Waals surface area contributed by atoms with Gasteiger partial charge in [-0.25, -0.2) is 0 Å². The Balaban J connectivity index is 2.23. The van der Waals surface area contributed by atoms with Crippen LogP contribution in [0.5, 0.6) is 0 Å². The van der Waals surface area contributed by atoms with Crippen LogP contribution in [0.3, 0.4) is 0 Å². The molecule has 1 aliphatic heterocycles. The molecule has 1 aromatic rings. The van der Waals surface area contributed by atoms with E-state index in [1.54, 1.807) is 0 Å². The SMILES string of the molecule is CCB1[Se][Se]B(CC)N1c1ccccc1. The average molecular weight is 329 g/mol. The minimum atomic E-state index is 0.852. The zero-order valence-electron chi connectivity index (χ0n) is 9.22. The van der Waals surface area contributed by atoms with Gasteiger partial charge in [0, 0.05) is 0 Å². The maximum atomic E-state index is 2.69. The Bertz CT molecular complexity index is 298. The quantitative estimate of drug-likeness (QED) is 0.766. The first kappa shape index (κ1) is 11.7. The van der Waals surface area contributed by atoms with E-state index in [-0.39, 0.29) is 0 Å². The van der Waals surface area contributed by atoms with E-state index in [0.717, 1.165) is 37.2 Å².